The van der Waals surface area contributed by atoms with Crippen LogP contribution in [0.2, 0.25) is 0 Å². The van der Waals surface area contributed by atoms with E-state index in [1.54, 1.807) is 0 Å². The number of hydrogen-bond donors (Lipinski definition) is 1. The highest BCUT2D eigenvalue weighted by Gasteiger charge is 2.41. The van der Waals surface area contributed by atoms with Crippen molar-refractivity contribution in [1.29, 1.82) is 0 Å². The first-order chi connectivity index (χ1) is 9.30. The van der Waals surface area contributed by atoms with Gasteiger partial charge >= 0.3 is 0 Å². The summed E-state index contributed by atoms with van der Waals surface area (Å²) < 4.78 is 6.34. The Bertz CT molecular complexity index is 429. The van der Waals surface area contributed by atoms with Gasteiger partial charge in [-0.25, -0.2) is 0 Å². The molecule has 3 heteroatoms. The van der Waals surface area contributed by atoms with E-state index in [2.05, 4.69) is 24.3 Å². The van der Waals surface area contributed by atoms with Crippen molar-refractivity contribution in [3.8, 4) is 0 Å². The molecule has 1 saturated carbocycles. The number of rotatable bonds is 4. The van der Waals surface area contributed by atoms with Crippen LogP contribution in [0.1, 0.15) is 44.1 Å². The Morgan fingerprint density at radius 1 is 1.26 bits per heavy atom. The molecule has 1 saturated heterocycles. The highest BCUT2D eigenvalue weighted by atomic mass is 32.2. The lowest BCUT2D eigenvalue weighted by Crippen LogP contribution is -2.25. The third-order valence-electron chi connectivity index (χ3n) is 4.42. The Morgan fingerprint density at radius 2 is 2.11 bits per heavy atom. The Hall–Kier alpha value is -0.510. The Balaban J connectivity index is 1.52. The maximum Gasteiger partial charge on any atom is 0.0687 e. The topological polar surface area (TPSA) is 35.2 Å². The van der Waals surface area contributed by atoms with Crippen LogP contribution < -0.4 is 5.73 Å². The zero-order valence-corrected chi connectivity index (χ0v) is 12.3. The molecule has 0 radical (unpaired) electrons. The lowest BCUT2D eigenvalue weighted by atomic mass is 9.98. The number of benzene rings is 1. The van der Waals surface area contributed by atoms with Crippen LogP contribution in [0, 0.1) is 0 Å². The van der Waals surface area contributed by atoms with Crippen molar-refractivity contribution in [2.24, 2.45) is 5.73 Å². The van der Waals surface area contributed by atoms with Crippen molar-refractivity contribution in [1.82, 2.24) is 0 Å². The van der Waals surface area contributed by atoms with Gasteiger partial charge in [-0.3, -0.25) is 0 Å². The zero-order valence-electron chi connectivity index (χ0n) is 11.4. The summed E-state index contributed by atoms with van der Waals surface area (Å²) in [7, 11) is 0. The molecule has 2 nitrogen and oxygen atoms in total. The molecule has 2 N–H and O–H groups in total. The van der Waals surface area contributed by atoms with E-state index in [1.807, 2.05) is 11.8 Å². The van der Waals surface area contributed by atoms with Crippen molar-refractivity contribution >= 4 is 11.8 Å². The van der Waals surface area contributed by atoms with Gasteiger partial charge in [-0.2, -0.15) is 0 Å². The second-order valence-corrected chi connectivity index (χ2v) is 6.92. The Morgan fingerprint density at radius 3 is 2.89 bits per heavy atom. The van der Waals surface area contributed by atoms with E-state index in [9.17, 15) is 0 Å². The average Bonchev–Trinajstić information content (AvgIpc) is 3.08. The molecular formula is C16H23NOS. The molecule has 1 aliphatic carbocycles. The molecule has 2 fully saturated rings. The van der Waals surface area contributed by atoms with Gasteiger partial charge in [0.1, 0.15) is 0 Å². The molecule has 1 aromatic rings. The van der Waals surface area contributed by atoms with E-state index in [0.717, 1.165) is 5.75 Å². The van der Waals surface area contributed by atoms with Crippen LogP contribution in [-0.4, -0.2) is 17.5 Å². The standard InChI is InChI=1S/C16H23NOS/c17-11-13-4-3-5-15(10-13)19-12-14-6-9-16(18-14)7-1-2-8-16/h3-5,10,14H,1-2,6-9,11-12,17H2. The third-order valence-corrected chi connectivity index (χ3v) is 5.55. The Labute approximate surface area is 120 Å². The van der Waals surface area contributed by atoms with Gasteiger partial charge in [0.2, 0.25) is 0 Å². The van der Waals surface area contributed by atoms with Crippen molar-refractivity contribution < 1.29 is 4.74 Å². The molecule has 2 aliphatic rings. The smallest absolute Gasteiger partial charge is 0.0687 e. The van der Waals surface area contributed by atoms with Gasteiger partial charge < -0.3 is 10.5 Å². The van der Waals surface area contributed by atoms with Crippen LogP contribution in [-0.2, 0) is 11.3 Å². The molecule has 1 aromatic carbocycles. The molecule has 104 valence electrons. The monoisotopic (exact) mass is 277 g/mol. The molecule has 1 unspecified atom stereocenters. The minimum atomic E-state index is 0.268. The highest BCUT2D eigenvalue weighted by molar-refractivity contribution is 7.99. The maximum absolute atomic E-state index is 6.34. The molecule has 1 spiro atoms. The first kappa shape index (κ1) is 13.5. The summed E-state index contributed by atoms with van der Waals surface area (Å²) in [5.74, 6) is 1.08. The second kappa shape index (κ2) is 5.86. The van der Waals surface area contributed by atoms with E-state index in [-0.39, 0.29) is 5.60 Å². The predicted molar refractivity (Wildman–Crippen MR) is 80.4 cm³/mol. The molecule has 1 heterocycles. The summed E-state index contributed by atoms with van der Waals surface area (Å²) in [6.45, 7) is 0.622. The van der Waals surface area contributed by atoms with Gasteiger partial charge in [0.15, 0.2) is 0 Å². The van der Waals surface area contributed by atoms with Gasteiger partial charge in [-0.05, 0) is 43.4 Å². The summed E-state index contributed by atoms with van der Waals surface area (Å²) in [5.41, 5.74) is 7.16. The van der Waals surface area contributed by atoms with E-state index in [1.165, 1.54) is 49.0 Å². The number of hydrogen-bond acceptors (Lipinski definition) is 3. The first-order valence-electron chi connectivity index (χ1n) is 7.39. The van der Waals surface area contributed by atoms with E-state index >= 15 is 0 Å². The summed E-state index contributed by atoms with van der Waals surface area (Å²) >= 11 is 1.91. The van der Waals surface area contributed by atoms with Crippen LogP contribution in [0.5, 0.6) is 0 Å². The third kappa shape index (κ3) is 3.15. The minimum Gasteiger partial charge on any atom is -0.371 e. The molecule has 0 bridgehead atoms. The van der Waals surface area contributed by atoms with Crippen molar-refractivity contribution in [2.75, 3.05) is 5.75 Å². The van der Waals surface area contributed by atoms with Crippen molar-refractivity contribution in [3.05, 3.63) is 29.8 Å². The largest absolute Gasteiger partial charge is 0.371 e. The van der Waals surface area contributed by atoms with Gasteiger partial charge in [-0.1, -0.05) is 25.0 Å². The van der Waals surface area contributed by atoms with Crippen LogP contribution in [0.25, 0.3) is 0 Å². The molecule has 1 atom stereocenters. The van der Waals surface area contributed by atoms with Crippen LogP contribution >= 0.6 is 11.8 Å². The highest BCUT2D eigenvalue weighted by Crippen LogP contribution is 2.44. The fraction of sp³-hybridized carbons (Fsp3) is 0.625. The van der Waals surface area contributed by atoms with Crippen molar-refractivity contribution in [2.45, 2.75) is 61.7 Å². The summed E-state index contributed by atoms with van der Waals surface area (Å²) in [6, 6.07) is 8.55. The Kier molecular flexibility index (Phi) is 4.15. The predicted octanol–water partition coefficient (Wildman–Crippen LogP) is 3.73. The second-order valence-electron chi connectivity index (χ2n) is 5.83. The lowest BCUT2D eigenvalue weighted by Gasteiger charge is -2.23. The van der Waals surface area contributed by atoms with Crippen LogP contribution in [0.15, 0.2) is 29.2 Å². The average molecular weight is 277 g/mol. The summed E-state index contributed by atoms with van der Waals surface area (Å²) in [6.07, 6.45) is 8.26. The normalized spacial score (nSPS) is 25.2. The molecule has 3 rings (SSSR count). The van der Waals surface area contributed by atoms with Crippen LogP contribution in [0.4, 0.5) is 0 Å². The van der Waals surface area contributed by atoms with Gasteiger partial charge in [0.25, 0.3) is 0 Å². The first-order valence-corrected chi connectivity index (χ1v) is 8.38. The number of ether oxygens (including phenoxy) is 1. The van der Waals surface area contributed by atoms with Gasteiger partial charge in [-0.15, -0.1) is 11.8 Å². The summed E-state index contributed by atoms with van der Waals surface area (Å²) in [4.78, 5) is 1.32. The maximum atomic E-state index is 6.34. The zero-order chi connectivity index (χ0) is 13.1. The fourth-order valence-corrected chi connectivity index (χ4v) is 4.37. The summed E-state index contributed by atoms with van der Waals surface area (Å²) in [5, 5.41) is 0. The van der Waals surface area contributed by atoms with E-state index < -0.39 is 0 Å². The molecule has 0 amide bonds. The number of thioether (sulfide) groups is 1. The quantitative estimate of drug-likeness (QED) is 0.852. The SMILES string of the molecule is NCc1cccc(SCC2CCC3(CCCC3)O2)c1. The molecule has 19 heavy (non-hydrogen) atoms. The molecular weight excluding hydrogens is 254 g/mol. The van der Waals surface area contributed by atoms with Gasteiger partial charge in [0.05, 0.1) is 11.7 Å². The van der Waals surface area contributed by atoms with E-state index in [0.29, 0.717) is 12.6 Å². The van der Waals surface area contributed by atoms with E-state index in [4.69, 9.17) is 10.5 Å². The van der Waals surface area contributed by atoms with Crippen molar-refractivity contribution in [3.63, 3.8) is 0 Å². The van der Waals surface area contributed by atoms with Crippen LogP contribution in [0.3, 0.4) is 0 Å². The molecule has 0 aromatic heterocycles. The number of nitrogens with two attached hydrogens (primary N) is 1. The van der Waals surface area contributed by atoms with Gasteiger partial charge in [0, 0.05) is 17.2 Å². The molecule has 1 aliphatic heterocycles. The minimum absolute atomic E-state index is 0.268. The lowest BCUT2D eigenvalue weighted by molar-refractivity contribution is -0.0267. The fourth-order valence-electron chi connectivity index (χ4n) is 3.35.